The third-order valence-electron chi connectivity index (χ3n) is 5.79. The molecule has 1 aromatic heterocycles. The Bertz CT molecular complexity index is 1720. The van der Waals surface area contributed by atoms with Crippen LogP contribution in [0.25, 0.3) is 33.1 Å². The van der Waals surface area contributed by atoms with Gasteiger partial charge in [-0.1, -0.05) is 113 Å². The largest absolute Gasteiger partial charge is 0.462 e. The quantitative estimate of drug-likeness (QED) is 0.0860. The van der Waals surface area contributed by atoms with Gasteiger partial charge < -0.3 is 13.9 Å². The van der Waals surface area contributed by atoms with Gasteiger partial charge in [0.05, 0.1) is 31.7 Å². The highest BCUT2D eigenvalue weighted by Crippen LogP contribution is 2.45. The molecular formula is C28H15Cl5O5. The lowest BCUT2D eigenvalue weighted by atomic mass is 10.0. The lowest BCUT2D eigenvalue weighted by Gasteiger charge is -2.13. The van der Waals surface area contributed by atoms with Crippen LogP contribution in [0.4, 0.5) is 0 Å². The molecule has 5 rings (SSSR count). The minimum atomic E-state index is -0.922. The van der Waals surface area contributed by atoms with Crippen molar-refractivity contribution in [3.8, 4) is 17.1 Å². The first kappa shape index (κ1) is 26.7. The standard InChI is InChI=1S/C28H15Cl5O5/c1-2-36-27(34)18-16-12-17(37-28(35)19-20(29)22(31)24(33)23(32)21(19)30)14-10-6-7-11-15(14)26(16)38-25(18)13-8-4-3-5-9-13/h3-12H,2H2,1H3. The first-order valence-corrected chi connectivity index (χ1v) is 13.1. The Balaban J connectivity index is 1.75. The Morgan fingerprint density at radius 2 is 1.29 bits per heavy atom. The molecule has 0 atom stereocenters. The summed E-state index contributed by atoms with van der Waals surface area (Å²) in [5.74, 6) is -1.05. The predicted octanol–water partition coefficient (Wildman–Crippen LogP) is 9.92. The van der Waals surface area contributed by atoms with Gasteiger partial charge in [0.1, 0.15) is 28.2 Å². The summed E-state index contributed by atoms with van der Waals surface area (Å²) in [6.07, 6.45) is 0. The molecule has 0 aliphatic carbocycles. The summed E-state index contributed by atoms with van der Waals surface area (Å²) in [4.78, 5) is 26.5. The molecule has 0 saturated heterocycles. The highest BCUT2D eigenvalue weighted by Gasteiger charge is 2.29. The number of hydrogen-bond acceptors (Lipinski definition) is 5. The van der Waals surface area contributed by atoms with Crippen LogP contribution in [0.5, 0.6) is 5.75 Å². The fourth-order valence-corrected chi connectivity index (χ4v) is 5.40. The number of fused-ring (bicyclic) bond motifs is 3. The lowest BCUT2D eigenvalue weighted by Crippen LogP contribution is -2.11. The number of esters is 2. The van der Waals surface area contributed by atoms with Gasteiger partial charge in [0.15, 0.2) is 0 Å². The van der Waals surface area contributed by atoms with E-state index in [0.717, 1.165) is 0 Å². The van der Waals surface area contributed by atoms with Crippen LogP contribution in [0.2, 0.25) is 25.1 Å². The maximum Gasteiger partial charge on any atom is 0.346 e. The van der Waals surface area contributed by atoms with Crippen molar-refractivity contribution in [3.63, 3.8) is 0 Å². The van der Waals surface area contributed by atoms with E-state index >= 15 is 0 Å². The average Bonchev–Trinajstić information content (AvgIpc) is 3.31. The second kappa shape index (κ2) is 10.7. The van der Waals surface area contributed by atoms with Crippen LogP contribution < -0.4 is 4.74 Å². The molecule has 5 aromatic rings. The molecule has 0 amide bonds. The summed E-state index contributed by atoms with van der Waals surface area (Å²) < 4.78 is 17.4. The Morgan fingerprint density at radius 1 is 0.711 bits per heavy atom. The number of ether oxygens (including phenoxy) is 2. The molecule has 38 heavy (non-hydrogen) atoms. The van der Waals surface area contributed by atoms with Crippen LogP contribution in [0.1, 0.15) is 27.6 Å². The average molecular weight is 609 g/mol. The maximum atomic E-state index is 13.3. The molecule has 4 aromatic carbocycles. The molecule has 0 saturated carbocycles. The number of hydrogen-bond donors (Lipinski definition) is 0. The van der Waals surface area contributed by atoms with Gasteiger partial charge in [0.2, 0.25) is 0 Å². The van der Waals surface area contributed by atoms with Gasteiger partial charge >= 0.3 is 11.9 Å². The molecule has 0 aliphatic rings. The number of carbonyl (C=O) groups excluding carboxylic acids is 2. The van der Waals surface area contributed by atoms with Crippen molar-refractivity contribution in [3.05, 3.63) is 96.9 Å². The number of furan rings is 1. The third kappa shape index (κ3) is 4.49. The molecule has 10 heteroatoms. The SMILES string of the molecule is CCOC(=O)c1c(-c2ccccc2)oc2c1cc(OC(=O)c1c(Cl)c(Cl)c(Cl)c(Cl)c1Cl)c1ccccc12. The molecule has 5 nitrogen and oxygen atoms in total. The fourth-order valence-electron chi connectivity index (χ4n) is 4.10. The van der Waals surface area contributed by atoms with Crippen molar-refractivity contribution >= 4 is 91.7 Å². The van der Waals surface area contributed by atoms with E-state index in [-0.39, 0.29) is 48.6 Å². The second-order valence-electron chi connectivity index (χ2n) is 8.02. The predicted molar refractivity (Wildman–Crippen MR) is 152 cm³/mol. The molecule has 1 heterocycles. The van der Waals surface area contributed by atoms with E-state index < -0.39 is 11.9 Å². The van der Waals surface area contributed by atoms with E-state index in [2.05, 4.69) is 0 Å². The number of carbonyl (C=O) groups is 2. The van der Waals surface area contributed by atoms with Crippen molar-refractivity contribution < 1.29 is 23.5 Å². The molecule has 0 unspecified atom stereocenters. The van der Waals surface area contributed by atoms with Crippen LogP contribution in [0.3, 0.4) is 0 Å². The Kier molecular flexibility index (Phi) is 7.49. The number of halogens is 5. The zero-order valence-electron chi connectivity index (χ0n) is 19.4. The van der Waals surface area contributed by atoms with Gasteiger partial charge in [-0.3, -0.25) is 0 Å². The second-order valence-corrected chi connectivity index (χ2v) is 9.91. The van der Waals surface area contributed by atoms with Crippen LogP contribution >= 0.6 is 58.0 Å². The molecule has 0 N–H and O–H groups in total. The summed E-state index contributed by atoms with van der Waals surface area (Å²) in [7, 11) is 0. The topological polar surface area (TPSA) is 65.7 Å². The monoisotopic (exact) mass is 606 g/mol. The van der Waals surface area contributed by atoms with Crippen molar-refractivity contribution in [2.45, 2.75) is 6.92 Å². The first-order valence-electron chi connectivity index (χ1n) is 11.2. The van der Waals surface area contributed by atoms with Crippen molar-refractivity contribution in [2.24, 2.45) is 0 Å². The minimum absolute atomic E-state index is 0.0855. The Hall–Kier alpha value is -2.93. The zero-order valence-corrected chi connectivity index (χ0v) is 23.2. The van der Waals surface area contributed by atoms with Crippen LogP contribution in [0, 0.1) is 0 Å². The highest BCUT2D eigenvalue weighted by molar-refractivity contribution is 6.56. The minimum Gasteiger partial charge on any atom is -0.462 e. The summed E-state index contributed by atoms with van der Waals surface area (Å²) in [6, 6.07) is 17.8. The van der Waals surface area contributed by atoms with E-state index in [1.54, 1.807) is 37.3 Å². The van der Waals surface area contributed by atoms with Gasteiger partial charge in [-0.05, 0) is 13.0 Å². The number of rotatable bonds is 5. The molecule has 0 radical (unpaired) electrons. The molecule has 0 aliphatic heterocycles. The summed E-state index contributed by atoms with van der Waals surface area (Å²) in [6.45, 7) is 1.87. The summed E-state index contributed by atoms with van der Waals surface area (Å²) >= 11 is 30.9. The molecule has 0 spiro atoms. The van der Waals surface area contributed by atoms with E-state index in [4.69, 9.17) is 71.9 Å². The van der Waals surface area contributed by atoms with Crippen molar-refractivity contribution in [1.29, 1.82) is 0 Å². The molecule has 192 valence electrons. The Morgan fingerprint density at radius 3 is 1.92 bits per heavy atom. The van der Waals surface area contributed by atoms with Crippen LogP contribution in [-0.2, 0) is 4.74 Å². The third-order valence-corrected chi connectivity index (χ3v) is 8.07. The van der Waals surface area contributed by atoms with Gasteiger partial charge in [0.25, 0.3) is 0 Å². The Labute approximate surface area is 241 Å². The lowest BCUT2D eigenvalue weighted by molar-refractivity contribution is 0.0528. The van der Waals surface area contributed by atoms with Crippen molar-refractivity contribution in [2.75, 3.05) is 6.61 Å². The van der Waals surface area contributed by atoms with E-state index in [9.17, 15) is 9.59 Å². The molecule has 0 bridgehead atoms. The molecule has 0 fully saturated rings. The van der Waals surface area contributed by atoms with Gasteiger partial charge in [-0.25, -0.2) is 9.59 Å². The van der Waals surface area contributed by atoms with E-state index in [1.807, 2.05) is 30.3 Å². The van der Waals surface area contributed by atoms with Gasteiger partial charge in [-0.15, -0.1) is 0 Å². The van der Waals surface area contributed by atoms with Crippen LogP contribution in [-0.4, -0.2) is 18.5 Å². The van der Waals surface area contributed by atoms with Crippen LogP contribution in [0.15, 0.2) is 65.1 Å². The summed E-state index contributed by atoms with van der Waals surface area (Å²) in [5, 5.41) is 0.766. The van der Waals surface area contributed by atoms with E-state index in [1.165, 1.54) is 0 Å². The fraction of sp³-hybridized carbons (Fsp3) is 0.0714. The maximum absolute atomic E-state index is 13.3. The smallest absolute Gasteiger partial charge is 0.346 e. The van der Waals surface area contributed by atoms with Gasteiger partial charge in [0, 0.05) is 21.7 Å². The number of benzene rings is 4. The van der Waals surface area contributed by atoms with E-state index in [0.29, 0.717) is 33.1 Å². The highest BCUT2D eigenvalue weighted by atomic mass is 35.5. The normalized spacial score (nSPS) is 11.2. The summed E-state index contributed by atoms with van der Waals surface area (Å²) in [5.41, 5.74) is 1.05. The van der Waals surface area contributed by atoms with Crippen molar-refractivity contribution in [1.82, 2.24) is 0 Å². The van der Waals surface area contributed by atoms with Gasteiger partial charge in [-0.2, -0.15) is 0 Å². The zero-order chi connectivity index (χ0) is 27.1. The molecular weight excluding hydrogens is 594 g/mol. The first-order chi connectivity index (χ1) is 18.2.